The predicted molar refractivity (Wildman–Crippen MR) is 64.5 cm³/mol. The number of unbranched alkanes of at least 4 members (excludes halogenated alkanes) is 2. The molecule has 2 nitrogen and oxygen atoms in total. The van der Waals surface area contributed by atoms with Gasteiger partial charge < -0.3 is 5.73 Å². The lowest BCUT2D eigenvalue weighted by atomic mass is 10.2. The lowest BCUT2D eigenvalue weighted by Crippen LogP contribution is -2.29. The molecular weight excluding hydrogens is 172 g/mol. The maximum atomic E-state index is 5.55. The monoisotopic (exact) mass is 198 g/mol. The molecule has 0 aromatic rings. The highest BCUT2D eigenvalue weighted by Gasteiger charge is 2.04. The summed E-state index contributed by atoms with van der Waals surface area (Å²) in [7, 11) is 0. The Morgan fingerprint density at radius 2 is 1.64 bits per heavy atom. The van der Waals surface area contributed by atoms with Crippen LogP contribution in [0.3, 0.4) is 0 Å². The van der Waals surface area contributed by atoms with Crippen molar-refractivity contribution < 1.29 is 0 Å². The molecule has 0 fully saturated rings. The van der Waals surface area contributed by atoms with E-state index in [-0.39, 0.29) is 0 Å². The first-order valence-electron chi connectivity index (χ1n) is 5.83. The summed E-state index contributed by atoms with van der Waals surface area (Å²) < 4.78 is 0. The lowest BCUT2D eigenvalue weighted by Gasteiger charge is -2.22. The van der Waals surface area contributed by atoms with Crippen LogP contribution in [0.2, 0.25) is 0 Å². The van der Waals surface area contributed by atoms with Gasteiger partial charge in [-0.05, 0) is 31.5 Å². The zero-order valence-corrected chi connectivity index (χ0v) is 9.89. The Hall–Kier alpha value is -0.340. The summed E-state index contributed by atoms with van der Waals surface area (Å²) in [4.78, 5) is 2.47. The van der Waals surface area contributed by atoms with E-state index in [2.05, 4.69) is 25.3 Å². The molecule has 0 radical (unpaired) electrons. The van der Waals surface area contributed by atoms with E-state index in [1.807, 2.05) is 0 Å². The largest absolute Gasteiger partial charge is 0.327 e. The van der Waals surface area contributed by atoms with Crippen LogP contribution < -0.4 is 5.73 Å². The van der Waals surface area contributed by atoms with Crippen molar-refractivity contribution in [1.82, 2.24) is 4.90 Å². The molecule has 0 saturated heterocycles. The minimum absolute atomic E-state index is 0.620. The second-order valence-electron chi connectivity index (χ2n) is 3.94. The van der Waals surface area contributed by atoms with Gasteiger partial charge in [-0.25, -0.2) is 0 Å². The fraction of sp³-hybridized carbons (Fsp3) is 0.833. The van der Waals surface area contributed by atoms with Crippen LogP contribution in [0.4, 0.5) is 0 Å². The Morgan fingerprint density at radius 1 is 1.14 bits per heavy atom. The Kier molecular flexibility index (Phi) is 9.00. The van der Waals surface area contributed by atoms with Crippen LogP contribution in [0, 0.1) is 0 Å². The highest BCUT2D eigenvalue weighted by atomic mass is 15.1. The van der Waals surface area contributed by atoms with Gasteiger partial charge in [0.2, 0.25) is 0 Å². The quantitative estimate of drug-likeness (QED) is 0.576. The second-order valence-corrected chi connectivity index (χ2v) is 3.94. The first-order chi connectivity index (χ1) is 6.74. The maximum absolute atomic E-state index is 5.55. The van der Waals surface area contributed by atoms with Crippen molar-refractivity contribution in [3.05, 3.63) is 12.2 Å². The Morgan fingerprint density at radius 3 is 2.00 bits per heavy atom. The summed E-state index contributed by atoms with van der Waals surface area (Å²) in [6, 6.07) is 0. The summed E-state index contributed by atoms with van der Waals surface area (Å²) in [6.07, 6.45) is 5.08. The maximum Gasteiger partial charge on any atom is 0.0202 e. The van der Waals surface area contributed by atoms with Crippen LogP contribution in [0.1, 0.15) is 39.5 Å². The van der Waals surface area contributed by atoms with Crippen molar-refractivity contribution in [2.45, 2.75) is 39.5 Å². The van der Waals surface area contributed by atoms with Gasteiger partial charge in [-0.2, -0.15) is 0 Å². The van der Waals surface area contributed by atoms with E-state index in [4.69, 9.17) is 5.73 Å². The molecule has 2 heteroatoms. The van der Waals surface area contributed by atoms with E-state index < -0.39 is 0 Å². The highest BCUT2D eigenvalue weighted by molar-refractivity contribution is 4.98. The molecule has 0 aliphatic heterocycles. The van der Waals surface area contributed by atoms with Gasteiger partial charge in [0.1, 0.15) is 0 Å². The summed E-state index contributed by atoms with van der Waals surface area (Å²) in [5.74, 6) is 0. The molecule has 0 amide bonds. The van der Waals surface area contributed by atoms with E-state index in [1.165, 1.54) is 38.8 Å². The molecule has 0 unspecified atom stereocenters. The zero-order chi connectivity index (χ0) is 10.8. The molecule has 0 heterocycles. The third kappa shape index (κ3) is 7.10. The number of nitrogens with zero attached hydrogens (tertiary/aromatic N) is 1. The molecule has 0 aromatic heterocycles. The average molecular weight is 198 g/mol. The van der Waals surface area contributed by atoms with Crippen molar-refractivity contribution in [1.29, 1.82) is 0 Å². The number of nitrogens with two attached hydrogens (primary N) is 1. The molecule has 0 aliphatic rings. The van der Waals surface area contributed by atoms with Crippen LogP contribution in [0.15, 0.2) is 12.2 Å². The predicted octanol–water partition coefficient (Wildman–Crippen LogP) is 2.40. The van der Waals surface area contributed by atoms with E-state index >= 15 is 0 Å². The fourth-order valence-corrected chi connectivity index (χ4v) is 1.41. The molecule has 0 saturated carbocycles. The second kappa shape index (κ2) is 9.22. The van der Waals surface area contributed by atoms with Crippen LogP contribution in [0.25, 0.3) is 0 Å². The van der Waals surface area contributed by atoms with E-state index in [9.17, 15) is 0 Å². The number of hydrogen-bond acceptors (Lipinski definition) is 2. The van der Waals surface area contributed by atoms with Gasteiger partial charge in [-0.3, -0.25) is 4.90 Å². The Bertz CT molecular complexity index is 135. The minimum atomic E-state index is 0.620. The van der Waals surface area contributed by atoms with Crippen molar-refractivity contribution >= 4 is 0 Å². The molecule has 2 N–H and O–H groups in total. The number of hydrogen-bond donors (Lipinski definition) is 1. The summed E-state index contributed by atoms with van der Waals surface area (Å²) in [5, 5.41) is 0. The smallest absolute Gasteiger partial charge is 0.0202 e. The number of rotatable bonds is 9. The van der Waals surface area contributed by atoms with Crippen molar-refractivity contribution in [2.24, 2.45) is 5.73 Å². The first kappa shape index (κ1) is 13.7. The van der Waals surface area contributed by atoms with Gasteiger partial charge in [-0.15, -0.1) is 0 Å². The zero-order valence-electron chi connectivity index (χ0n) is 9.89. The highest BCUT2D eigenvalue weighted by Crippen LogP contribution is 2.02. The Labute approximate surface area is 89.2 Å². The van der Waals surface area contributed by atoms with Gasteiger partial charge in [0.05, 0.1) is 0 Å². The summed E-state index contributed by atoms with van der Waals surface area (Å²) in [6.45, 7) is 12.4. The van der Waals surface area contributed by atoms with Gasteiger partial charge in [0, 0.05) is 13.1 Å². The molecular formula is C12H26N2. The van der Waals surface area contributed by atoms with Gasteiger partial charge >= 0.3 is 0 Å². The molecule has 0 atom stereocenters. The molecule has 0 aliphatic carbocycles. The molecule has 84 valence electrons. The third-order valence-corrected chi connectivity index (χ3v) is 2.39. The topological polar surface area (TPSA) is 29.3 Å². The molecule has 0 bridgehead atoms. The van der Waals surface area contributed by atoms with E-state index in [1.54, 1.807) is 0 Å². The van der Waals surface area contributed by atoms with Gasteiger partial charge in [0.15, 0.2) is 0 Å². The van der Waals surface area contributed by atoms with Crippen LogP contribution in [0.5, 0.6) is 0 Å². The molecule has 14 heavy (non-hydrogen) atoms. The minimum Gasteiger partial charge on any atom is -0.327 e. The van der Waals surface area contributed by atoms with Crippen LogP contribution >= 0.6 is 0 Å². The fourth-order valence-electron chi connectivity index (χ4n) is 1.41. The van der Waals surface area contributed by atoms with Gasteiger partial charge in [0.25, 0.3) is 0 Å². The summed E-state index contributed by atoms with van der Waals surface area (Å²) in [5.41, 5.74) is 6.70. The lowest BCUT2D eigenvalue weighted by molar-refractivity contribution is 0.286. The standard InChI is InChI=1S/C12H26N2/c1-4-6-8-14(9-7-5-2)11-12(3)10-13/h3-11,13H2,1-2H3. The van der Waals surface area contributed by atoms with Crippen molar-refractivity contribution in [2.75, 3.05) is 26.2 Å². The third-order valence-electron chi connectivity index (χ3n) is 2.39. The SMILES string of the molecule is C=C(CN)CN(CCCC)CCCC. The van der Waals surface area contributed by atoms with Crippen LogP contribution in [-0.4, -0.2) is 31.1 Å². The van der Waals surface area contributed by atoms with E-state index in [0.29, 0.717) is 6.54 Å². The average Bonchev–Trinajstić information content (AvgIpc) is 2.21. The first-order valence-corrected chi connectivity index (χ1v) is 5.83. The normalized spacial score (nSPS) is 10.9. The van der Waals surface area contributed by atoms with Gasteiger partial charge in [-0.1, -0.05) is 33.3 Å². The molecule has 0 rings (SSSR count). The van der Waals surface area contributed by atoms with Crippen molar-refractivity contribution in [3.63, 3.8) is 0 Å². The van der Waals surface area contributed by atoms with Crippen molar-refractivity contribution in [3.8, 4) is 0 Å². The van der Waals surface area contributed by atoms with Crippen LogP contribution in [-0.2, 0) is 0 Å². The Balaban J connectivity index is 3.77. The molecule has 0 aromatic carbocycles. The van der Waals surface area contributed by atoms with E-state index in [0.717, 1.165) is 12.1 Å². The molecule has 0 spiro atoms. The summed E-state index contributed by atoms with van der Waals surface area (Å²) >= 11 is 0.